The number of hydrogen-bond donors (Lipinski definition) is 1. The SMILES string of the molecule is C[C@H]1C[C@@H]1C(=O)N1CCc2[nH]cnc2C1c1cccnc1. The van der Waals surface area contributed by atoms with Crippen LogP contribution in [0, 0.1) is 11.8 Å². The third kappa shape index (κ3) is 2.04. The van der Waals surface area contributed by atoms with Gasteiger partial charge in [-0.2, -0.15) is 0 Å². The molecule has 5 nitrogen and oxygen atoms in total. The van der Waals surface area contributed by atoms with Crippen molar-refractivity contribution in [1.82, 2.24) is 19.9 Å². The second kappa shape index (κ2) is 4.69. The minimum Gasteiger partial charge on any atom is -0.348 e. The van der Waals surface area contributed by atoms with Gasteiger partial charge in [0, 0.05) is 37.0 Å². The smallest absolute Gasteiger partial charge is 0.226 e. The maximum absolute atomic E-state index is 12.8. The highest BCUT2D eigenvalue weighted by Gasteiger charge is 2.45. The molecule has 0 radical (unpaired) electrons. The fourth-order valence-corrected chi connectivity index (χ4v) is 3.27. The summed E-state index contributed by atoms with van der Waals surface area (Å²) in [7, 11) is 0. The number of amides is 1. The van der Waals surface area contributed by atoms with Crippen molar-refractivity contribution in [3.05, 3.63) is 47.8 Å². The Hall–Kier alpha value is -2.17. The predicted octanol–water partition coefficient (Wildman–Crippen LogP) is 1.93. The number of imidazole rings is 1. The Morgan fingerprint density at radius 1 is 1.48 bits per heavy atom. The molecule has 3 atom stereocenters. The molecule has 2 aromatic rings. The zero-order valence-electron chi connectivity index (χ0n) is 12.0. The Labute approximate surface area is 123 Å². The lowest BCUT2D eigenvalue weighted by molar-refractivity contribution is -0.135. The van der Waals surface area contributed by atoms with Crippen LogP contribution in [0.15, 0.2) is 30.9 Å². The van der Waals surface area contributed by atoms with Gasteiger partial charge >= 0.3 is 0 Å². The molecule has 0 spiro atoms. The van der Waals surface area contributed by atoms with Gasteiger partial charge in [0.15, 0.2) is 0 Å². The van der Waals surface area contributed by atoms with Gasteiger partial charge in [0.1, 0.15) is 6.04 Å². The third-order valence-electron chi connectivity index (χ3n) is 4.63. The maximum atomic E-state index is 12.8. The topological polar surface area (TPSA) is 61.9 Å². The summed E-state index contributed by atoms with van der Waals surface area (Å²) in [5.74, 6) is 0.988. The van der Waals surface area contributed by atoms with Gasteiger partial charge in [-0.3, -0.25) is 9.78 Å². The number of carbonyl (C=O) groups is 1. The highest BCUT2D eigenvalue weighted by molar-refractivity contribution is 5.82. The lowest BCUT2D eigenvalue weighted by atomic mass is 9.96. The summed E-state index contributed by atoms with van der Waals surface area (Å²) in [5, 5.41) is 0. The standard InChI is InChI=1S/C16H18N4O/c1-10-7-12(10)16(21)20-6-4-13-14(19-9-18-13)15(20)11-3-2-5-17-8-11/h2-3,5,8-10,12,15H,4,6-7H2,1H3,(H,18,19)/t10-,12-,15?/m0/s1. The van der Waals surface area contributed by atoms with Crippen molar-refractivity contribution in [2.45, 2.75) is 25.8 Å². The molecule has 4 rings (SSSR count). The number of nitrogens with one attached hydrogen (secondary N) is 1. The van der Waals surface area contributed by atoms with E-state index in [9.17, 15) is 4.79 Å². The zero-order valence-corrected chi connectivity index (χ0v) is 12.0. The van der Waals surface area contributed by atoms with Crippen LogP contribution in [0.2, 0.25) is 0 Å². The van der Waals surface area contributed by atoms with Crippen LogP contribution < -0.4 is 0 Å². The van der Waals surface area contributed by atoms with Crippen molar-refractivity contribution in [3.8, 4) is 0 Å². The Balaban J connectivity index is 1.75. The van der Waals surface area contributed by atoms with Crippen molar-refractivity contribution in [3.63, 3.8) is 0 Å². The van der Waals surface area contributed by atoms with E-state index in [4.69, 9.17) is 0 Å². The molecule has 1 N–H and O–H groups in total. The van der Waals surface area contributed by atoms with Crippen molar-refractivity contribution >= 4 is 5.91 Å². The van der Waals surface area contributed by atoms with Crippen molar-refractivity contribution < 1.29 is 4.79 Å². The molecule has 2 aromatic heterocycles. The number of rotatable bonds is 2. The van der Waals surface area contributed by atoms with Crippen LogP contribution in [0.25, 0.3) is 0 Å². The molecule has 2 aliphatic rings. The van der Waals surface area contributed by atoms with Crippen molar-refractivity contribution in [1.29, 1.82) is 0 Å². The van der Waals surface area contributed by atoms with Crippen LogP contribution in [-0.4, -0.2) is 32.3 Å². The molecule has 1 saturated carbocycles. The first-order valence-corrected chi connectivity index (χ1v) is 7.48. The van der Waals surface area contributed by atoms with E-state index in [2.05, 4.69) is 21.9 Å². The fourth-order valence-electron chi connectivity index (χ4n) is 3.27. The van der Waals surface area contributed by atoms with Gasteiger partial charge in [0.2, 0.25) is 5.91 Å². The second-order valence-corrected chi connectivity index (χ2v) is 6.06. The molecule has 1 amide bonds. The lowest BCUT2D eigenvalue weighted by Gasteiger charge is -2.35. The highest BCUT2D eigenvalue weighted by atomic mass is 16.2. The summed E-state index contributed by atoms with van der Waals surface area (Å²) in [6, 6.07) is 3.84. The number of hydrogen-bond acceptors (Lipinski definition) is 3. The average molecular weight is 282 g/mol. The van der Waals surface area contributed by atoms with Gasteiger partial charge in [-0.25, -0.2) is 4.98 Å². The molecule has 0 aromatic carbocycles. The quantitative estimate of drug-likeness (QED) is 0.915. The van der Waals surface area contributed by atoms with Crippen LogP contribution in [-0.2, 0) is 11.2 Å². The molecule has 21 heavy (non-hydrogen) atoms. The molecular formula is C16H18N4O. The van der Waals surface area contributed by atoms with E-state index >= 15 is 0 Å². The normalized spacial score (nSPS) is 27.3. The van der Waals surface area contributed by atoms with Crippen molar-refractivity contribution in [2.24, 2.45) is 11.8 Å². The number of fused-ring (bicyclic) bond motifs is 1. The number of H-pyrrole nitrogens is 1. The van der Waals surface area contributed by atoms with Gasteiger partial charge in [-0.15, -0.1) is 0 Å². The Morgan fingerprint density at radius 3 is 3.05 bits per heavy atom. The molecule has 108 valence electrons. The molecule has 3 heterocycles. The fraction of sp³-hybridized carbons (Fsp3) is 0.438. The van der Waals surface area contributed by atoms with Gasteiger partial charge in [0.25, 0.3) is 0 Å². The molecule has 1 unspecified atom stereocenters. The predicted molar refractivity (Wildman–Crippen MR) is 77.4 cm³/mol. The maximum Gasteiger partial charge on any atom is 0.226 e. The van der Waals surface area contributed by atoms with E-state index in [0.29, 0.717) is 5.92 Å². The summed E-state index contributed by atoms with van der Waals surface area (Å²) < 4.78 is 0. The zero-order chi connectivity index (χ0) is 14.4. The Morgan fingerprint density at radius 2 is 2.33 bits per heavy atom. The molecule has 0 saturated heterocycles. The van der Waals surface area contributed by atoms with Crippen LogP contribution in [0.1, 0.15) is 36.3 Å². The number of nitrogens with zero attached hydrogens (tertiary/aromatic N) is 3. The molecule has 1 fully saturated rings. The second-order valence-electron chi connectivity index (χ2n) is 6.06. The number of aromatic nitrogens is 3. The van der Waals surface area contributed by atoms with Crippen LogP contribution in [0.3, 0.4) is 0 Å². The molecule has 1 aliphatic carbocycles. The first-order chi connectivity index (χ1) is 10.3. The van der Waals surface area contributed by atoms with E-state index in [1.807, 2.05) is 23.2 Å². The van der Waals surface area contributed by atoms with Gasteiger partial charge in [-0.1, -0.05) is 13.0 Å². The monoisotopic (exact) mass is 282 g/mol. The third-order valence-corrected chi connectivity index (χ3v) is 4.63. The van der Waals surface area contributed by atoms with E-state index in [1.54, 1.807) is 12.5 Å². The highest BCUT2D eigenvalue weighted by Crippen LogP contribution is 2.42. The van der Waals surface area contributed by atoms with E-state index in [1.165, 1.54) is 0 Å². The Bertz CT molecular complexity index is 666. The first kappa shape index (κ1) is 12.6. The van der Waals surface area contributed by atoms with E-state index in [-0.39, 0.29) is 17.9 Å². The number of pyridine rings is 1. The lowest BCUT2D eigenvalue weighted by Crippen LogP contribution is -2.41. The van der Waals surface area contributed by atoms with Crippen LogP contribution in [0.4, 0.5) is 0 Å². The summed E-state index contributed by atoms with van der Waals surface area (Å²) in [6.45, 7) is 2.89. The van der Waals surface area contributed by atoms with E-state index < -0.39 is 0 Å². The van der Waals surface area contributed by atoms with Crippen LogP contribution >= 0.6 is 0 Å². The minimum atomic E-state index is -0.103. The van der Waals surface area contributed by atoms with Gasteiger partial charge < -0.3 is 9.88 Å². The van der Waals surface area contributed by atoms with E-state index in [0.717, 1.165) is 36.3 Å². The largest absolute Gasteiger partial charge is 0.348 e. The molecular weight excluding hydrogens is 264 g/mol. The summed E-state index contributed by atoms with van der Waals surface area (Å²) >= 11 is 0. The van der Waals surface area contributed by atoms with Crippen LogP contribution in [0.5, 0.6) is 0 Å². The average Bonchev–Trinajstić information content (AvgIpc) is 3.06. The molecule has 5 heteroatoms. The molecule has 1 aliphatic heterocycles. The summed E-state index contributed by atoms with van der Waals surface area (Å²) in [6.07, 6.45) is 7.18. The van der Waals surface area contributed by atoms with Gasteiger partial charge in [0.05, 0.1) is 12.0 Å². The summed E-state index contributed by atoms with van der Waals surface area (Å²) in [4.78, 5) is 26.6. The number of aromatic amines is 1. The minimum absolute atomic E-state index is 0.103. The number of carbonyl (C=O) groups excluding carboxylic acids is 1. The van der Waals surface area contributed by atoms with Gasteiger partial charge in [-0.05, 0) is 24.0 Å². The molecule has 0 bridgehead atoms. The van der Waals surface area contributed by atoms with Crippen molar-refractivity contribution in [2.75, 3.05) is 6.54 Å². The summed E-state index contributed by atoms with van der Waals surface area (Å²) in [5.41, 5.74) is 3.14. The first-order valence-electron chi connectivity index (χ1n) is 7.48. The Kier molecular flexibility index (Phi) is 2.80.